The number of carbonyl (C=O) groups excluding carboxylic acids is 1. The van der Waals surface area contributed by atoms with Gasteiger partial charge in [0.25, 0.3) is 0 Å². The smallest absolute Gasteiger partial charge is 0.317 e. The van der Waals surface area contributed by atoms with Crippen molar-refractivity contribution in [1.29, 1.82) is 0 Å². The Hall–Kier alpha value is -1.72. The van der Waals surface area contributed by atoms with Crippen LogP contribution in [0.4, 0.5) is 4.79 Å². The first-order valence-corrected chi connectivity index (χ1v) is 8.62. The number of hydrogen-bond donors (Lipinski definition) is 1. The van der Waals surface area contributed by atoms with E-state index in [1.54, 1.807) is 11.9 Å². The van der Waals surface area contributed by atoms with Crippen molar-refractivity contribution in [3.05, 3.63) is 51.2 Å². The highest BCUT2D eigenvalue weighted by Gasteiger charge is 2.10. The van der Waals surface area contributed by atoms with Gasteiger partial charge in [0.1, 0.15) is 5.75 Å². The summed E-state index contributed by atoms with van der Waals surface area (Å²) in [4.78, 5) is 14.8. The summed E-state index contributed by atoms with van der Waals surface area (Å²) < 4.78 is 6.33. The molecule has 2 rings (SSSR count). The minimum atomic E-state index is -0.114. The summed E-state index contributed by atoms with van der Waals surface area (Å²) in [6.45, 7) is 5.01. The number of rotatable bonds is 6. The third kappa shape index (κ3) is 5.77. The summed E-state index contributed by atoms with van der Waals surface area (Å²) in [5.74, 6) is 0.835. The van der Waals surface area contributed by atoms with Gasteiger partial charge in [0.2, 0.25) is 0 Å². The third-order valence-corrected chi connectivity index (χ3v) is 4.32. The third-order valence-electron chi connectivity index (χ3n) is 3.11. The average molecular weight is 353 g/mol. The molecule has 0 aliphatic carbocycles. The molecule has 0 saturated heterocycles. The summed E-state index contributed by atoms with van der Waals surface area (Å²) in [5.41, 5.74) is 1.03. The molecule has 124 valence electrons. The van der Waals surface area contributed by atoms with Gasteiger partial charge in [0.05, 0.1) is 17.0 Å². The van der Waals surface area contributed by atoms with Crippen LogP contribution in [0.15, 0.2) is 36.4 Å². The lowest BCUT2D eigenvalue weighted by molar-refractivity contribution is 0.207. The highest BCUT2D eigenvalue weighted by Crippen LogP contribution is 2.22. The molecular formula is C17H21ClN2O2S. The molecule has 6 heteroatoms. The molecule has 2 aromatic rings. The molecule has 1 heterocycles. The van der Waals surface area contributed by atoms with E-state index in [1.807, 2.05) is 50.2 Å². The zero-order valence-corrected chi connectivity index (χ0v) is 15.1. The molecule has 0 aliphatic heterocycles. The second-order valence-corrected chi connectivity index (χ2v) is 7.33. The van der Waals surface area contributed by atoms with Crippen molar-refractivity contribution in [2.45, 2.75) is 33.0 Å². The number of amides is 2. The van der Waals surface area contributed by atoms with Gasteiger partial charge in [-0.1, -0.05) is 23.7 Å². The number of nitrogens with zero attached hydrogens (tertiary/aromatic N) is 1. The van der Waals surface area contributed by atoms with Gasteiger partial charge in [-0.2, -0.15) is 0 Å². The number of benzene rings is 1. The number of ether oxygens (including phenoxy) is 1. The van der Waals surface area contributed by atoms with Gasteiger partial charge in [0.15, 0.2) is 0 Å². The molecule has 0 unspecified atom stereocenters. The first-order valence-electron chi connectivity index (χ1n) is 7.43. The lowest BCUT2D eigenvalue weighted by Gasteiger charge is -2.17. The molecule has 0 atom stereocenters. The first kappa shape index (κ1) is 17.6. The van der Waals surface area contributed by atoms with Gasteiger partial charge >= 0.3 is 6.03 Å². The van der Waals surface area contributed by atoms with Crippen LogP contribution < -0.4 is 10.1 Å². The van der Waals surface area contributed by atoms with Crippen LogP contribution in [-0.4, -0.2) is 24.1 Å². The topological polar surface area (TPSA) is 41.6 Å². The van der Waals surface area contributed by atoms with Crippen LogP contribution in [0.1, 0.15) is 24.3 Å². The molecular weight excluding hydrogens is 332 g/mol. The summed E-state index contributed by atoms with van der Waals surface area (Å²) in [7, 11) is 1.77. The average Bonchev–Trinajstić information content (AvgIpc) is 2.90. The van der Waals surface area contributed by atoms with E-state index < -0.39 is 0 Å². The van der Waals surface area contributed by atoms with Gasteiger partial charge in [-0.3, -0.25) is 0 Å². The Bertz CT molecular complexity index is 640. The van der Waals surface area contributed by atoms with Crippen LogP contribution in [-0.2, 0) is 13.1 Å². The zero-order chi connectivity index (χ0) is 16.8. The molecule has 0 spiro atoms. The molecule has 0 fully saturated rings. The molecule has 4 nitrogen and oxygen atoms in total. The van der Waals surface area contributed by atoms with Crippen LogP contribution in [0.25, 0.3) is 0 Å². The highest BCUT2D eigenvalue weighted by molar-refractivity contribution is 7.16. The van der Waals surface area contributed by atoms with Gasteiger partial charge < -0.3 is 15.0 Å². The summed E-state index contributed by atoms with van der Waals surface area (Å²) in [6.07, 6.45) is 0.153. The molecule has 0 aliphatic rings. The SMILES string of the molecule is CC(C)Oc1ccc(CNC(=O)N(C)Cc2ccc(Cl)s2)cc1. The highest BCUT2D eigenvalue weighted by atomic mass is 35.5. The molecule has 0 bridgehead atoms. The van der Waals surface area contributed by atoms with Gasteiger partial charge in [-0.15, -0.1) is 11.3 Å². The maximum Gasteiger partial charge on any atom is 0.317 e. The molecule has 0 saturated carbocycles. The lowest BCUT2D eigenvalue weighted by atomic mass is 10.2. The Balaban J connectivity index is 1.81. The minimum absolute atomic E-state index is 0.114. The molecule has 1 aromatic carbocycles. The Morgan fingerprint density at radius 2 is 1.96 bits per heavy atom. The predicted molar refractivity (Wildman–Crippen MR) is 95.2 cm³/mol. The summed E-state index contributed by atoms with van der Waals surface area (Å²) >= 11 is 7.38. The second kappa shape index (κ2) is 8.22. The molecule has 0 radical (unpaired) electrons. The largest absolute Gasteiger partial charge is 0.491 e. The van der Waals surface area contributed by atoms with Crippen molar-refractivity contribution < 1.29 is 9.53 Å². The second-order valence-electron chi connectivity index (χ2n) is 5.53. The molecule has 2 amide bonds. The number of thiophene rings is 1. The van der Waals surface area contributed by atoms with Crippen LogP contribution in [0, 0.1) is 0 Å². The van der Waals surface area contributed by atoms with E-state index in [-0.39, 0.29) is 12.1 Å². The van der Waals surface area contributed by atoms with Crippen LogP contribution in [0.2, 0.25) is 4.34 Å². The Morgan fingerprint density at radius 3 is 2.52 bits per heavy atom. The fourth-order valence-corrected chi connectivity index (χ4v) is 3.15. The normalized spacial score (nSPS) is 10.7. The van der Waals surface area contributed by atoms with Gasteiger partial charge in [-0.05, 0) is 43.7 Å². The number of hydrogen-bond acceptors (Lipinski definition) is 3. The molecule has 1 aromatic heterocycles. The van der Waals surface area contributed by atoms with E-state index in [1.165, 1.54) is 11.3 Å². The van der Waals surface area contributed by atoms with E-state index in [9.17, 15) is 4.79 Å². The van der Waals surface area contributed by atoms with Crippen molar-refractivity contribution in [1.82, 2.24) is 10.2 Å². The van der Waals surface area contributed by atoms with E-state index in [0.717, 1.165) is 20.5 Å². The maximum atomic E-state index is 12.1. The molecule has 23 heavy (non-hydrogen) atoms. The first-order chi connectivity index (χ1) is 10.9. The van der Waals surface area contributed by atoms with Crippen molar-refractivity contribution in [3.8, 4) is 5.75 Å². The standard InChI is InChI=1S/C17H21ClN2O2S/c1-12(2)22-14-6-4-13(5-7-14)10-19-17(21)20(3)11-15-8-9-16(18)23-15/h4-9,12H,10-11H2,1-3H3,(H,19,21). The fourth-order valence-electron chi connectivity index (χ4n) is 2.01. The zero-order valence-electron chi connectivity index (χ0n) is 13.5. The minimum Gasteiger partial charge on any atom is -0.491 e. The van der Waals surface area contributed by atoms with Crippen LogP contribution >= 0.6 is 22.9 Å². The monoisotopic (exact) mass is 352 g/mol. The summed E-state index contributed by atoms with van der Waals surface area (Å²) in [5, 5.41) is 2.90. The van der Waals surface area contributed by atoms with Gasteiger partial charge in [-0.25, -0.2) is 4.79 Å². The van der Waals surface area contributed by atoms with Crippen molar-refractivity contribution >= 4 is 29.0 Å². The van der Waals surface area contributed by atoms with E-state index in [2.05, 4.69) is 5.32 Å². The number of urea groups is 1. The van der Waals surface area contributed by atoms with Crippen LogP contribution in [0.5, 0.6) is 5.75 Å². The Morgan fingerprint density at radius 1 is 1.26 bits per heavy atom. The van der Waals surface area contributed by atoms with Crippen molar-refractivity contribution in [2.24, 2.45) is 0 Å². The van der Waals surface area contributed by atoms with Crippen molar-refractivity contribution in [2.75, 3.05) is 7.05 Å². The van der Waals surface area contributed by atoms with E-state index in [4.69, 9.17) is 16.3 Å². The fraction of sp³-hybridized carbons (Fsp3) is 0.353. The number of halogens is 1. The Kier molecular flexibility index (Phi) is 6.30. The van der Waals surface area contributed by atoms with Gasteiger partial charge in [0, 0.05) is 18.5 Å². The van der Waals surface area contributed by atoms with Crippen molar-refractivity contribution in [3.63, 3.8) is 0 Å². The quantitative estimate of drug-likeness (QED) is 0.829. The Labute approximate surface area is 146 Å². The molecule has 1 N–H and O–H groups in total. The summed E-state index contributed by atoms with van der Waals surface area (Å²) in [6, 6.07) is 11.4. The van der Waals surface area contributed by atoms with E-state index in [0.29, 0.717) is 13.1 Å². The van der Waals surface area contributed by atoms with Crippen LogP contribution in [0.3, 0.4) is 0 Å². The number of nitrogens with one attached hydrogen (secondary N) is 1. The van der Waals surface area contributed by atoms with E-state index >= 15 is 0 Å². The number of carbonyl (C=O) groups is 1. The predicted octanol–water partition coefficient (Wildman–Crippen LogP) is 4.53. The maximum absolute atomic E-state index is 12.1. The lowest BCUT2D eigenvalue weighted by Crippen LogP contribution is -2.36.